The summed E-state index contributed by atoms with van der Waals surface area (Å²) in [6.45, 7) is 5.39. The van der Waals surface area contributed by atoms with E-state index in [4.69, 9.17) is 4.74 Å². The van der Waals surface area contributed by atoms with Crippen molar-refractivity contribution >= 4 is 0 Å². The van der Waals surface area contributed by atoms with Crippen molar-refractivity contribution in [1.82, 2.24) is 9.97 Å². The fourth-order valence-corrected chi connectivity index (χ4v) is 4.70. The Balaban J connectivity index is 1.38. The molecule has 1 heterocycles. The van der Waals surface area contributed by atoms with E-state index in [1.807, 2.05) is 24.5 Å². The van der Waals surface area contributed by atoms with Crippen LogP contribution < -0.4 is 4.74 Å². The first-order valence-corrected chi connectivity index (χ1v) is 12.8. The van der Waals surface area contributed by atoms with Crippen molar-refractivity contribution in [1.29, 1.82) is 0 Å². The average Bonchev–Trinajstić information content (AvgIpc) is 2.83. The Morgan fingerprint density at radius 3 is 2.13 bits per heavy atom. The molecule has 0 saturated heterocycles. The Bertz CT molecular complexity index is 718. The van der Waals surface area contributed by atoms with Gasteiger partial charge in [0.1, 0.15) is 5.75 Å². The SMILES string of the molecule is CCCCCCCCOc1ccc(-c2ncc(CC[C@H]3CC[C@H](CC)CC3)cn2)cc1. The quantitative estimate of drug-likeness (QED) is 0.306. The molecule has 1 fully saturated rings. The van der Waals surface area contributed by atoms with Gasteiger partial charge in [0.05, 0.1) is 6.61 Å². The highest BCUT2D eigenvalue weighted by Crippen LogP contribution is 2.33. The van der Waals surface area contributed by atoms with Crippen LogP contribution in [0.15, 0.2) is 36.7 Å². The van der Waals surface area contributed by atoms with Gasteiger partial charge in [-0.25, -0.2) is 9.97 Å². The minimum absolute atomic E-state index is 0.801. The van der Waals surface area contributed by atoms with E-state index in [1.54, 1.807) is 0 Å². The lowest BCUT2D eigenvalue weighted by Gasteiger charge is -2.27. The molecule has 31 heavy (non-hydrogen) atoms. The van der Waals surface area contributed by atoms with E-state index in [9.17, 15) is 0 Å². The molecule has 0 N–H and O–H groups in total. The van der Waals surface area contributed by atoms with E-state index < -0.39 is 0 Å². The third kappa shape index (κ3) is 8.27. The number of aromatic nitrogens is 2. The Morgan fingerprint density at radius 1 is 0.806 bits per heavy atom. The summed E-state index contributed by atoms with van der Waals surface area (Å²) in [7, 11) is 0. The lowest BCUT2D eigenvalue weighted by atomic mass is 9.79. The van der Waals surface area contributed by atoms with E-state index in [0.29, 0.717) is 0 Å². The highest BCUT2D eigenvalue weighted by molar-refractivity contribution is 5.55. The molecule has 0 aliphatic heterocycles. The van der Waals surface area contributed by atoms with Crippen LogP contribution in [0.1, 0.15) is 96.5 Å². The first-order valence-electron chi connectivity index (χ1n) is 12.8. The Labute approximate surface area is 190 Å². The third-order valence-corrected chi connectivity index (χ3v) is 6.97. The summed E-state index contributed by atoms with van der Waals surface area (Å²) in [4.78, 5) is 9.25. The van der Waals surface area contributed by atoms with Crippen molar-refractivity contribution in [2.24, 2.45) is 11.8 Å². The number of hydrogen-bond acceptors (Lipinski definition) is 3. The Morgan fingerprint density at radius 2 is 1.45 bits per heavy atom. The van der Waals surface area contributed by atoms with Crippen LogP contribution in [0.5, 0.6) is 5.75 Å². The van der Waals surface area contributed by atoms with Crippen molar-refractivity contribution in [2.75, 3.05) is 6.61 Å². The van der Waals surface area contributed by atoms with Gasteiger partial charge < -0.3 is 4.74 Å². The predicted molar refractivity (Wildman–Crippen MR) is 130 cm³/mol. The molecule has 0 radical (unpaired) electrons. The lowest BCUT2D eigenvalue weighted by Crippen LogP contribution is -2.14. The van der Waals surface area contributed by atoms with Crippen molar-refractivity contribution in [2.45, 2.75) is 97.3 Å². The standard InChI is InChI=1S/C28H42N2O/c1-3-5-6-7-8-9-20-31-27-18-16-26(17-19-27)28-29-21-25(22-30-28)15-14-24-12-10-23(4-2)11-13-24/h16-19,21-24H,3-15,20H2,1-2H3/t23-,24-. The number of unbranched alkanes of at least 4 members (excludes halogenated alkanes) is 5. The highest BCUT2D eigenvalue weighted by atomic mass is 16.5. The predicted octanol–water partition coefficient (Wildman–Crippen LogP) is 8.03. The number of hydrogen-bond donors (Lipinski definition) is 0. The van der Waals surface area contributed by atoms with Gasteiger partial charge in [-0.2, -0.15) is 0 Å². The number of rotatable bonds is 13. The molecule has 1 saturated carbocycles. The van der Waals surface area contributed by atoms with Crippen LogP contribution in [-0.2, 0) is 6.42 Å². The fourth-order valence-electron chi connectivity index (χ4n) is 4.70. The van der Waals surface area contributed by atoms with E-state index >= 15 is 0 Å². The zero-order valence-electron chi connectivity index (χ0n) is 19.8. The normalized spacial score (nSPS) is 18.8. The molecule has 0 bridgehead atoms. The minimum atomic E-state index is 0.801. The van der Waals surface area contributed by atoms with Gasteiger partial charge >= 0.3 is 0 Å². The molecule has 1 aliphatic rings. The van der Waals surface area contributed by atoms with Gasteiger partial charge in [-0.05, 0) is 60.9 Å². The number of ether oxygens (including phenoxy) is 1. The van der Waals surface area contributed by atoms with Crippen LogP contribution in [-0.4, -0.2) is 16.6 Å². The topological polar surface area (TPSA) is 35.0 Å². The first kappa shape index (κ1) is 23.8. The molecule has 0 atom stereocenters. The number of benzene rings is 1. The molecule has 170 valence electrons. The van der Waals surface area contributed by atoms with Crippen LogP contribution in [0.25, 0.3) is 11.4 Å². The number of nitrogens with zero attached hydrogens (tertiary/aromatic N) is 2. The molecule has 0 amide bonds. The largest absolute Gasteiger partial charge is 0.494 e. The molecule has 0 unspecified atom stereocenters. The summed E-state index contributed by atoms with van der Waals surface area (Å²) < 4.78 is 5.88. The highest BCUT2D eigenvalue weighted by Gasteiger charge is 2.19. The third-order valence-electron chi connectivity index (χ3n) is 6.97. The maximum atomic E-state index is 5.88. The summed E-state index contributed by atoms with van der Waals surface area (Å²) in [6.07, 6.45) is 21.2. The molecule has 0 spiro atoms. The second kappa shape index (κ2) is 13.5. The van der Waals surface area contributed by atoms with E-state index in [-0.39, 0.29) is 0 Å². The van der Waals surface area contributed by atoms with E-state index in [2.05, 4.69) is 35.9 Å². The van der Waals surface area contributed by atoms with Crippen LogP contribution in [0.4, 0.5) is 0 Å². The number of aryl methyl sites for hydroxylation is 1. The van der Waals surface area contributed by atoms with Gasteiger partial charge in [0.2, 0.25) is 0 Å². The van der Waals surface area contributed by atoms with E-state index in [0.717, 1.165) is 48.4 Å². The zero-order valence-corrected chi connectivity index (χ0v) is 19.8. The molecule has 1 aliphatic carbocycles. The second-order valence-electron chi connectivity index (χ2n) is 9.39. The summed E-state index contributed by atoms with van der Waals surface area (Å²) >= 11 is 0. The van der Waals surface area contributed by atoms with Gasteiger partial charge in [0.25, 0.3) is 0 Å². The molecule has 3 nitrogen and oxygen atoms in total. The van der Waals surface area contributed by atoms with Crippen molar-refractivity contribution in [3.05, 3.63) is 42.2 Å². The zero-order chi connectivity index (χ0) is 21.7. The summed E-state index contributed by atoms with van der Waals surface area (Å²) in [5.74, 6) is 3.61. The maximum Gasteiger partial charge on any atom is 0.159 e. The first-order chi connectivity index (χ1) is 15.3. The summed E-state index contributed by atoms with van der Waals surface area (Å²) in [5, 5.41) is 0. The van der Waals surface area contributed by atoms with Crippen LogP contribution in [0.3, 0.4) is 0 Å². The minimum Gasteiger partial charge on any atom is -0.494 e. The van der Waals surface area contributed by atoms with Gasteiger partial charge in [0.15, 0.2) is 5.82 Å². The van der Waals surface area contributed by atoms with Gasteiger partial charge in [-0.3, -0.25) is 0 Å². The molecule has 1 aromatic carbocycles. The van der Waals surface area contributed by atoms with Crippen LogP contribution >= 0.6 is 0 Å². The van der Waals surface area contributed by atoms with Crippen LogP contribution in [0.2, 0.25) is 0 Å². The second-order valence-corrected chi connectivity index (χ2v) is 9.39. The lowest BCUT2D eigenvalue weighted by molar-refractivity contribution is 0.258. The van der Waals surface area contributed by atoms with E-state index in [1.165, 1.54) is 76.2 Å². The molecule has 1 aromatic heterocycles. The fraction of sp³-hybridized carbons (Fsp3) is 0.643. The molecule has 2 aromatic rings. The maximum absolute atomic E-state index is 5.88. The molecular weight excluding hydrogens is 380 g/mol. The van der Waals surface area contributed by atoms with Crippen molar-refractivity contribution in [3.8, 4) is 17.1 Å². The molecule has 3 rings (SSSR count). The molecule has 3 heteroatoms. The average molecular weight is 423 g/mol. The van der Waals surface area contributed by atoms with Crippen LogP contribution in [0, 0.1) is 11.8 Å². The summed E-state index contributed by atoms with van der Waals surface area (Å²) in [6, 6.07) is 8.21. The van der Waals surface area contributed by atoms with Gasteiger partial charge in [-0.15, -0.1) is 0 Å². The smallest absolute Gasteiger partial charge is 0.159 e. The van der Waals surface area contributed by atoms with Gasteiger partial charge in [-0.1, -0.05) is 78.1 Å². The summed E-state index contributed by atoms with van der Waals surface area (Å²) in [5.41, 5.74) is 2.32. The Hall–Kier alpha value is -1.90. The Kier molecular flexibility index (Phi) is 10.3. The van der Waals surface area contributed by atoms with Crippen molar-refractivity contribution in [3.63, 3.8) is 0 Å². The van der Waals surface area contributed by atoms with Gasteiger partial charge in [0, 0.05) is 18.0 Å². The molecular formula is C28H42N2O. The monoisotopic (exact) mass is 422 g/mol. The van der Waals surface area contributed by atoms with Crippen molar-refractivity contribution < 1.29 is 4.74 Å².